The molecule has 2 saturated carbocycles. The lowest BCUT2D eigenvalue weighted by Gasteiger charge is -2.47. The highest BCUT2D eigenvalue weighted by Crippen LogP contribution is 2.44. The van der Waals surface area contributed by atoms with Gasteiger partial charge in [0.25, 0.3) is 0 Å². The quantitative estimate of drug-likeness (QED) is 0.534. The molecule has 0 radical (unpaired) electrons. The molecule has 7 nitrogen and oxygen atoms in total. The van der Waals surface area contributed by atoms with Gasteiger partial charge >= 0.3 is 11.9 Å². The first-order valence-corrected chi connectivity index (χ1v) is 15.0. The van der Waals surface area contributed by atoms with Crippen molar-refractivity contribution in [2.75, 3.05) is 19.6 Å². The number of nitrogens with one attached hydrogen (secondary N) is 2. The van der Waals surface area contributed by atoms with Crippen LogP contribution in [0.3, 0.4) is 0 Å². The summed E-state index contributed by atoms with van der Waals surface area (Å²) in [6.45, 7) is 7.50. The molecule has 6 rings (SSSR count). The Balaban J connectivity index is 1.31. The van der Waals surface area contributed by atoms with Crippen LogP contribution in [0, 0.1) is 17.8 Å². The molecule has 5 atom stereocenters. The maximum Gasteiger partial charge on any atom is 0.418 e. The Hall–Kier alpha value is -1.88. The Bertz CT molecular complexity index is 1220. The van der Waals surface area contributed by atoms with Gasteiger partial charge in [0.15, 0.2) is 0 Å². The third kappa shape index (κ3) is 5.42. The molecule has 2 aromatic rings. The van der Waals surface area contributed by atoms with E-state index in [1.807, 2.05) is 0 Å². The van der Waals surface area contributed by atoms with Crippen LogP contribution in [0.25, 0.3) is 5.52 Å². The van der Waals surface area contributed by atoms with E-state index in [-0.39, 0.29) is 17.2 Å². The van der Waals surface area contributed by atoms with Gasteiger partial charge in [-0.3, -0.25) is 13.9 Å². The SMILES string of the molecule is CC1CNNN1[C@@H](C1CCC1)C1CCCC(n2cc3c(C(F)(F)F)cc(CN4CCC[C@H](C)C4)cn3c2=O)C1. The molecule has 0 amide bonds. The van der Waals surface area contributed by atoms with E-state index in [1.165, 1.54) is 35.9 Å². The van der Waals surface area contributed by atoms with Crippen molar-refractivity contribution in [2.45, 2.75) is 102 Å². The second kappa shape index (κ2) is 10.8. The van der Waals surface area contributed by atoms with E-state index in [2.05, 4.69) is 34.7 Å². The number of alkyl halides is 3. The first kappa shape index (κ1) is 27.3. The number of rotatable bonds is 6. The first-order chi connectivity index (χ1) is 18.7. The molecule has 4 heterocycles. The van der Waals surface area contributed by atoms with Gasteiger partial charge < -0.3 is 0 Å². The van der Waals surface area contributed by atoms with Crippen molar-refractivity contribution in [1.29, 1.82) is 0 Å². The van der Waals surface area contributed by atoms with E-state index in [0.29, 0.717) is 41.9 Å². The summed E-state index contributed by atoms with van der Waals surface area (Å²) in [5, 5.41) is 2.38. The summed E-state index contributed by atoms with van der Waals surface area (Å²) in [6, 6.07) is 1.94. The van der Waals surface area contributed by atoms with Crippen molar-refractivity contribution < 1.29 is 13.2 Å². The molecule has 2 aliphatic heterocycles. The predicted molar refractivity (Wildman–Crippen MR) is 145 cm³/mol. The van der Waals surface area contributed by atoms with Crippen molar-refractivity contribution in [3.05, 3.63) is 40.1 Å². The van der Waals surface area contributed by atoms with Gasteiger partial charge in [0, 0.05) is 50.2 Å². The van der Waals surface area contributed by atoms with E-state index in [9.17, 15) is 18.0 Å². The molecule has 2 saturated heterocycles. The fourth-order valence-corrected chi connectivity index (χ4v) is 7.77. The van der Waals surface area contributed by atoms with Crippen molar-refractivity contribution in [3.8, 4) is 0 Å². The second-order valence-corrected chi connectivity index (χ2v) is 12.8. The lowest BCUT2D eigenvalue weighted by Crippen LogP contribution is -2.55. The Kier molecular flexibility index (Phi) is 7.58. The van der Waals surface area contributed by atoms with Crippen molar-refractivity contribution in [3.63, 3.8) is 0 Å². The predicted octanol–water partition coefficient (Wildman–Crippen LogP) is 4.97. The van der Waals surface area contributed by atoms with Gasteiger partial charge in [0.05, 0.1) is 11.1 Å². The molecule has 4 fully saturated rings. The highest BCUT2D eigenvalue weighted by molar-refractivity contribution is 5.56. The number of hydrogen-bond acceptors (Lipinski definition) is 5. The average molecular weight is 549 g/mol. The number of likely N-dealkylation sites (tertiary alicyclic amines) is 1. The van der Waals surface area contributed by atoms with Crippen LogP contribution in [-0.2, 0) is 12.7 Å². The molecule has 216 valence electrons. The lowest BCUT2D eigenvalue weighted by atomic mass is 9.69. The van der Waals surface area contributed by atoms with E-state index in [0.717, 1.165) is 58.2 Å². The summed E-state index contributed by atoms with van der Waals surface area (Å²) in [5.41, 5.74) is 6.14. The van der Waals surface area contributed by atoms with E-state index >= 15 is 0 Å². The van der Waals surface area contributed by atoms with Gasteiger partial charge in [-0.05, 0) is 87.8 Å². The zero-order valence-electron chi connectivity index (χ0n) is 23.2. The number of fused-ring (bicyclic) bond motifs is 1. The molecule has 0 spiro atoms. The topological polar surface area (TPSA) is 56.9 Å². The van der Waals surface area contributed by atoms with Gasteiger partial charge in [-0.25, -0.2) is 15.2 Å². The van der Waals surface area contributed by atoms with Gasteiger partial charge in [-0.15, -0.1) is 0 Å². The summed E-state index contributed by atoms with van der Waals surface area (Å²) >= 11 is 0. The first-order valence-electron chi connectivity index (χ1n) is 15.0. The third-order valence-electron chi connectivity index (χ3n) is 9.90. The number of imidazole rings is 1. The third-order valence-corrected chi connectivity index (χ3v) is 9.90. The van der Waals surface area contributed by atoms with Crippen LogP contribution in [0.5, 0.6) is 0 Å². The van der Waals surface area contributed by atoms with Crippen LogP contribution in [-0.4, -0.2) is 50.6 Å². The van der Waals surface area contributed by atoms with Crippen LogP contribution in [0.4, 0.5) is 13.2 Å². The number of halogens is 3. The fourth-order valence-electron chi connectivity index (χ4n) is 7.77. The summed E-state index contributed by atoms with van der Waals surface area (Å²) in [4.78, 5) is 15.9. The summed E-state index contributed by atoms with van der Waals surface area (Å²) < 4.78 is 45.7. The molecule has 2 N–H and O–H groups in total. The number of pyridine rings is 1. The van der Waals surface area contributed by atoms with Gasteiger partial charge in [-0.2, -0.15) is 18.7 Å². The molecular weight excluding hydrogens is 505 g/mol. The summed E-state index contributed by atoms with van der Waals surface area (Å²) in [6.07, 6.45) is 8.25. The molecule has 10 heteroatoms. The van der Waals surface area contributed by atoms with E-state index < -0.39 is 11.7 Å². The number of hydrazine groups is 2. The maximum absolute atomic E-state index is 14.3. The van der Waals surface area contributed by atoms with Crippen molar-refractivity contribution in [1.82, 2.24) is 29.8 Å². The Morgan fingerprint density at radius 1 is 1.03 bits per heavy atom. The fraction of sp³-hybridized carbons (Fsp3) is 0.759. The van der Waals surface area contributed by atoms with Crippen molar-refractivity contribution >= 4 is 5.52 Å². The minimum atomic E-state index is -4.52. The van der Waals surface area contributed by atoms with E-state index in [1.54, 1.807) is 10.8 Å². The standard InChI is InChI=1S/C29H43F3N6O/c1-19-6-5-11-35(15-19)16-21-12-25(29(30,31)32)26-18-36(28(39)37(26)17-21)24-10-4-9-23(13-24)27(22-7-3-8-22)38-20(2)14-33-34-38/h12,17-20,22-24,27,33-34H,3-11,13-16H2,1-2H3/t19-,20?,23?,24?,27-/m0/s1. The average Bonchev–Trinajstić information content (AvgIpc) is 3.43. The van der Waals surface area contributed by atoms with Crippen LogP contribution < -0.4 is 16.7 Å². The van der Waals surface area contributed by atoms with Crippen molar-refractivity contribution in [2.24, 2.45) is 17.8 Å². The number of nitrogens with zero attached hydrogens (tertiary/aromatic N) is 4. The Morgan fingerprint density at radius 2 is 1.79 bits per heavy atom. The molecule has 0 bridgehead atoms. The molecular formula is C29H43F3N6O. The van der Waals surface area contributed by atoms with Crippen LogP contribution in [0.1, 0.15) is 88.8 Å². The second-order valence-electron chi connectivity index (χ2n) is 12.8. The molecule has 0 aromatic carbocycles. The smallest absolute Gasteiger partial charge is 0.299 e. The highest BCUT2D eigenvalue weighted by Gasteiger charge is 2.43. The minimum absolute atomic E-state index is 0.0278. The molecule has 4 aliphatic rings. The summed E-state index contributed by atoms with van der Waals surface area (Å²) in [5.74, 6) is 1.56. The summed E-state index contributed by atoms with van der Waals surface area (Å²) in [7, 11) is 0. The van der Waals surface area contributed by atoms with Crippen LogP contribution >= 0.6 is 0 Å². The highest BCUT2D eigenvalue weighted by atomic mass is 19.4. The lowest BCUT2D eigenvalue weighted by molar-refractivity contribution is -0.136. The monoisotopic (exact) mass is 548 g/mol. The largest absolute Gasteiger partial charge is 0.418 e. The zero-order valence-corrected chi connectivity index (χ0v) is 23.2. The molecule has 2 aliphatic carbocycles. The number of piperidine rings is 1. The minimum Gasteiger partial charge on any atom is -0.299 e. The van der Waals surface area contributed by atoms with Crippen LogP contribution in [0.2, 0.25) is 0 Å². The zero-order chi connectivity index (χ0) is 27.3. The Labute approximate surface area is 228 Å². The van der Waals surface area contributed by atoms with Crippen LogP contribution in [0.15, 0.2) is 23.3 Å². The molecule has 3 unspecified atom stereocenters. The Morgan fingerprint density at radius 3 is 2.46 bits per heavy atom. The molecule has 39 heavy (non-hydrogen) atoms. The maximum atomic E-state index is 14.3. The van der Waals surface area contributed by atoms with Gasteiger partial charge in [-0.1, -0.05) is 19.8 Å². The van der Waals surface area contributed by atoms with E-state index in [4.69, 9.17) is 0 Å². The van der Waals surface area contributed by atoms with Gasteiger partial charge in [0.2, 0.25) is 0 Å². The molecule has 2 aromatic heterocycles. The number of hydrogen-bond donors (Lipinski definition) is 2. The normalized spacial score (nSPS) is 30.6. The van der Waals surface area contributed by atoms with Gasteiger partial charge in [0.1, 0.15) is 0 Å². The number of aromatic nitrogens is 2.